The van der Waals surface area contributed by atoms with Crippen LogP contribution >= 0.6 is 0 Å². The summed E-state index contributed by atoms with van der Waals surface area (Å²) in [5, 5.41) is 14.6. The lowest BCUT2D eigenvalue weighted by atomic mass is 10.1. The van der Waals surface area contributed by atoms with Crippen LogP contribution in [0.5, 0.6) is 0 Å². The van der Waals surface area contributed by atoms with Crippen LogP contribution in [-0.4, -0.2) is 11.1 Å². The van der Waals surface area contributed by atoms with E-state index >= 15 is 0 Å². The topological polar surface area (TPSA) is 80.7 Å². The summed E-state index contributed by atoms with van der Waals surface area (Å²) in [5.41, 5.74) is 0.355. The zero-order chi connectivity index (χ0) is 16.3. The Kier molecular flexibility index (Phi) is 4.15. The molecule has 0 radical (unpaired) electrons. The Morgan fingerprint density at radius 2 is 2.05 bits per heavy atom. The number of nitrogens with zero attached hydrogens (tertiary/aromatic N) is 2. The van der Waals surface area contributed by atoms with Gasteiger partial charge in [-0.05, 0) is 31.2 Å². The number of benzene rings is 1. The molecule has 0 saturated heterocycles. The Balaban J connectivity index is 2.23. The normalized spacial score (nSPS) is 11.8. The first-order valence-electron chi connectivity index (χ1n) is 5.98. The summed E-state index contributed by atoms with van der Waals surface area (Å²) in [4.78, 5) is 9.95. The molecule has 0 saturated carbocycles. The van der Waals surface area contributed by atoms with E-state index in [2.05, 4.69) is 10.5 Å². The van der Waals surface area contributed by atoms with Crippen LogP contribution in [0.4, 0.5) is 24.5 Å². The van der Waals surface area contributed by atoms with Crippen LogP contribution in [0, 0.1) is 17.0 Å². The number of aryl methyl sites for hydroxylation is 1. The molecular formula is C13H10F3N3O3. The Morgan fingerprint density at radius 1 is 1.32 bits per heavy atom. The highest BCUT2D eigenvalue weighted by atomic mass is 19.4. The van der Waals surface area contributed by atoms with Gasteiger partial charge in [-0.3, -0.25) is 15.5 Å². The quantitative estimate of drug-likeness (QED) is 0.526. The molecule has 116 valence electrons. The molecule has 1 aromatic heterocycles. The van der Waals surface area contributed by atoms with Gasteiger partial charge in [0.2, 0.25) is 0 Å². The van der Waals surface area contributed by atoms with Crippen LogP contribution in [0.3, 0.4) is 0 Å². The number of rotatable bonds is 4. The van der Waals surface area contributed by atoms with Crippen molar-refractivity contribution in [2.24, 2.45) is 5.10 Å². The average molecular weight is 313 g/mol. The van der Waals surface area contributed by atoms with Gasteiger partial charge in [0, 0.05) is 6.07 Å². The number of furan rings is 1. The van der Waals surface area contributed by atoms with E-state index in [0.29, 0.717) is 17.6 Å². The van der Waals surface area contributed by atoms with Crippen molar-refractivity contribution in [3.05, 3.63) is 57.5 Å². The molecule has 6 nitrogen and oxygen atoms in total. The smallest absolute Gasteiger partial charge is 0.416 e. The Labute approximate surface area is 122 Å². The molecule has 22 heavy (non-hydrogen) atoms. The second kappa shape index (κ2) is 5.88. The molecule has 0 amide bonds. The van der Waals surface area contributed by atoms with Crippen molar-refractivity contribution < 1.29 is 22.5 Å². The number of alkyl halides is 3. The zero-order valence-electron chi connectivity index (χ0n) is 11.2. The molecule has 0 atom stereocenters. The number of hydrazone groups is 1. The van der Waals surface area contributed by atoms with E-state index in [-0.39, 0.29) is 5.69 Å². The van der Waals surface area contributed by atoms with Crippen molar-refractivity contribution in [3.8, 4) is 0 Å². The van der Waals surface area contributed by atoms with Crippen molar-refractivity contribution in [1.82, 2.24) is 0 Å². The predicted molar refractivity (Wildman–Crippen MR) is 72.8 cm³/mol. The van der Waals surface area contributed by atoms with E-state index in [1.54, 1.807) is 19.1 Å². The van der Waals surface area contributed by atoms with Crippen LogP contribution in [0.25, 0.3) is 0 Å². The molecule has 1 aromatic carbocycles. The summed E-state index contributed by atoms with van der Waals surface area (Å²) in [6, 6.07) is 5.46. The third kappa shape index (κ3) is 3.62. The van der Waals surface area contributed by atoms with E-state index < -0.39 is 22.4 Å². The molecule has 0 bridgehead atoms. The summed E-state index contributed by atoms with van der Waals surface area (Å²) in [6.45, 7) is 1.73. The number of anilines is 1. The number of nitro groups is 1. The third-order valence-corrected chi connectivity index (χ3v) is 2.66. The SMILES string of the molecule is Cc1ccc(C=NNc2ccc(C(F)(F)F)cc2[N+](=O)[O-])o1. The second-order valence-electron chi connectivity index (χ2n) is 4.31. The highest BCUT2D eigenvalue weighted by Crippen LogP contribution is 2.34. The number of hydrogen-bond acceptors (Lipinski definition) is 5. The monoisotopic (exact) mass is 313 g/mol. The van der Waals surface area contributed by atoms with Crippen LogP contribution < -0.4 is 5.43 Å². The lowest BCUT2D eigenvalue weighted by Gasteiger charge is -2.08. The van der Waals surface area contributed by atoms with Gasteiger partial charge in [0.15, 0.2) is 0 Å². The fraction of sp³-hybridized carbons (Fsp3) is 0.154. The largest absolute Gasteiger partial charge is 0.460 e. The lowest BCUT2D eigenvalue weighted by Crippen LogP contribution is -2.06. The number of halogens is 3. The van der Waals surface area contributed by atoms with Crippen molar-refractivity contribution in [1.29, 1.82) is 0 Å². The van der Waals surface area contributed by atoms with E-state index in [1.807, 2.05) is 0 Å². The van der Waals surface area contributed by atoms with Crippen molar-refractivity contribution in [3.63, 3.8) is 0 Å². The van der Waals surface area contributed by atoms with Gasteiger partial charge in [0.1, 0.15) is 17.2 Å². The summed E-state index contributed by atoms with van der Waals surface area (Å²) in [5.74, 6) is 1.06. The minimum Gasteiger partial charge on any atom is -0.460 e. The van der Waals surface area contributed by atoms with Crippen molar-refractivity contribution in [2.75, 3.05) is 5.43 Å². The van der Waals surface area contributed by atoms with E-state index in [1.165, 1.54) is 6.21 Å². The van der Waals surface area contributed by atoms with Crippen LogP contribution in [0.2, 0.25) is 0 Å². The predicted octanol–water partition coefficient (Wildman–Crippen LogP) is 3.96. The number of nitrogens with one attached hydrogen (secondary N) is 1. The third-order valence-electron chi connectivity index (χ3n) is 2.66. The minimum absolute atomic E-state index is 0.155. The van der Waals surface area contributed by atoms with E-state index in [0.717, 1.165) is 12.1 Å². The molecule has 0 spiro atoms. The highest BCUT2D eigenvalue weighted by molar-refractivity contribution is 5.77. The standard InChI is InChI=1S/C13H10F3N3O3/c1-8-2-4-10(22-8)7-17-18-11-5-3-9(13(14,15)16)6-12(11)19(20)21/h2-7,18H,1H3. The van der Waals surface area contributed by atoms with Gasteiger partial charge in [-0.2, -0.15) is 18.3 Å². The Hall–Kier alpha value is -2.84. The maximum absolute atomic E-state index is 12.6. The maximum atomic E-state index is 12.6. The van der Waals surface area contributed by atoms with Crippen LogP contribution in [0.15, 0.2) is 39.9 Å². The summed E-state index contributed by atoms with van der Waals surface area (Å²) in [6.07, 6.45) is -3.40. The molecule has 0 unspecified atom stereocenters. The summed E-state index contributed by atoms with van der Waals surface area (Å²) in [7, 11) is 0. The fourth-order valence-corrected chi connectivity index (χ4v) is 1.64. The molecule has 0 aliphatic carbocycles. The number of nitro benzene ring substituents is 1. The summed E-state index contributed by atoms with van der Waals surface area (Å²) >= 11 is 0. The summed E-state index contributed by atoms with van der Waals surface area (Å²) < 4.78 is 42.9. The minimum atomic E-state index is -4.65. The van der Waals surface area contributed by atoms with Crippen LogP contribution in [0.1, 0.15) is 17.1 Å². The second-order valence-corrected chi connectivity index (χ2v) is 4.31. The van der Waals surface area contributed by atoms with E-state index in [9.17, 15) is 23.3 Å². The Bertz CT molecular complexity index is 723. The molecule has 0 aliphatic heterocycles. The van der Waals surface area contributed by atoms with Gasteiger partial charge in [-0.1, -0.05) is 0 Å². The van der Waals surface area contributed by atoms with Gasteiger partial charge in [0.05, 0.1) is 16.7 Å². The first kappa shape index (κ1) is 15.5. The highest BCUT2D eigenvalue weighted by Gasteiger charge is 2.33. The lowest BCUT2D eigenvalue weighted by molar-refractivity contribution is -0.384. The van der Waals surface area contributed by atoms with E-state index in [4.69, 9.17) is 4.42 Å². The first-order valence-corrected chi connectivity index (χ1v) is 5.98. The van der Waals surface area contributed by atoms with Crippen molar-refractivity contribution in [2.45, 2.75) is 13.1 Å². The molecule has 9 heteroatoms. The molecular weight excluding hydrogens is 303 g/mol. The van der Waals surface area contributed by atoms with Crippen LogP contribution in [-0.2, 0) is 6.18 Å². The first-order chi connectivity index (χ1) is 10.3. The zero-order valence-corrected chi connectivity index (χ0v) is 11.2. The Morgan fingerprint density at radius 3 is 2.59 bits per heavy atom. The average Bonchev–Trinajstić information content (AvgIpc) is 2.83. The van der Waals surface area contributed by atoms with Gasteiger partial charge < -0.3 is 4.42 Å². The number of hydrogen-bond donors (Lipinski definition) is 1. The molecule has 2 rings (SSSR count). The van der Waals surface area contributed by atoms with Gasteiger partial charge >= 0.3 is 6.18 Å². The van der Waals surface area contributed by atoms with Gasteiger partial charge in [0.25, 0.3) is 5.69 Å². The molecule has 0 fully saturated rings. The van der Waals surface area contributed by atoms with Gasteiger partial charge in [-0.25, -0.2) is 0 Å². The molecule has 1 heterocycles. The molecule has 2 aromatic rings. The van der Waals surface area contributed by atoms with Crippen molar-refractivity contribution >= 4 is 17.6 Å². The molecule has 0 aliphatic rings. The fourth-order valence-electron chi connectivity index (χ4n) is 1.64. The molecule has 1 N–H and O–H groups in total. The van der Waals surface area contributed by atoms with Gasteiger partial charge in [-0.15, -0.1) is 0 Å². The maximum Gasteiger partial charge on any atom is 0.416 e.